The van der Waals surface area contributed by atoms with Crippen LogP contribution in [0.1, 0.15) is 23.2 Å². The van der Waals surface area contributed by atoms with Crippen LogP contribution in [0.5, 0.6) is 0 Å². The number of nitrogens with one attached hydrogen (secondary N) is 2. The Morgan fingerprint density at radius 3 is 2.70 bits per heavy atom. The number of piperidine rings is 1. The van der Waals surface area contributed by atoms with E-state index < -0.39 is 17.9 Å². The van der Waals surface area contributed by atoms with Crippen molar-refractivity contribution in [3.05, 3.63) is 53.8 Å². The van der Waals surface area contributed by atoms with Gasteiger partial charge < -0.3 is 9.73 Å². The summed E-state index contributed by atoms with van der Waals surface area (Å²) in [7, 11) is 0. The summed E-state index contributed by atoms with van der Waals surface area (Å²) in [5, 5.41) is 4.81. The first-order valence-electron chi connectivity index (χ1n) is 8.31. The van der Waals surface area contributed by atoms with E-state index in [0.29, 0.717) is 28.1 Å². The van der Waals surface area contributed by atoms with E-state index in [1.165, 1.54) is 12.1 Å². The number of aromatic nitrogens is 1. The molecule has 1 atom stereocenters. The van der Waals surface area contributed by atoms with Crippen molar-refractivity contribution in [2.24, 2.45) is 0 Å². The summed E-state index contributed by atoms with van der Waals surface area (Å²) in [5.74, 6) is -1.35. The van der Waals surface area contributed by atoms with Gasteiger partial charge in [-0.3, -0.25) is 19.7 Å². The molecule has 2 aromatic carbocycles. The van der Waals surface area contributed by atoms with E-state index in [9.17, 15) is 18.8 Å². The first-order chi connectivity index (χ1) is 13.0. The molecular weight excluding hydrogens is 353 g/mol. The van der Waals surface area contributed by atoms with Crippen molar-refractivity contribution in [2.75, 3.05) is 0 Å². The minimum Gasteiger partial charge on any atom is -0.436 e. The predicted molar refractivity (Wildman–Crippen MR) is 93.0 cm³/mol. The number of nitrogens with zero attached hydrogens (tertiary/aromatic N) is 1. The molecule has 2 heterocycles. The van der Waals surface area contributed by atoms with Gasteiger partial charge in [0.15, 0.2) is 5.58 Å². The van der Waals surface area contributed by atoms with Crippen LogP contribution in [-0.4, -0.2) is 28.7 Å². The van der Waals surface area contributed by atoms with Gasteiger partial charge in [0.2, 0.25) is 17.7 Å². The second-order valence-electron chi connectivity index (χ2n) is 6.19. The second-order valence-corrected chi connectivity index (χ2v) is 6.19. The molecule has 0 bridgehead atoms. The molecule has 1 unspecified atom stereocenters. The highest BCUT2D eigenvalue weighted by molar-refractivity contribution is 6.04. The second kappa shape index (κ2) is 6.64. The number of fused-ring (bicyclic) bond motifs is 1. The number of hydrogen-bond donors (Lipinski definition) is 2. The molecule has 4 rings (SSSR count). The Bertz CT molecular complexity index is 1060. The number of imide groups is 1. The molecule has 0 radical (unpaired) electrons. The zero-order chi connectivity index (χ0) is 19.0. The van der Waals surface area contributed by atoms with Gasteiger partial charge in [0.1, 0.15) is 17.4 Å². The number of carbonyl (C=O) groups is 3. The summed E-state index contributed by atoms with van der Waals surface area (Å²) in [5.41, 5.74) is 1.87. The zero-order valence-electron chi connectivity index (χ0n) is 14.0. The average molecular weight is 367 g/mol. The Labute approximate surface area is 152 Å². The Hall–Kier alpha value is -3.55. The summed E-state index contributed by atoms with van der Waals surface area (Å²) in [6, 6.07) is 9.68. The Morgan fingerprint density at radius 1 is 1.19 bits per heavy atom. The fourth-order valence-electron chi connectivity index (χ4n) is 2.86. The van der Waals surface area contributed by atoms with Crippen molar-refractivity contribution in [1.82, 2.24) is 15.6 Å². The molecule has 0 aliphatic carbocycles. The van der Waals surface area contributed by atoms with Crippen molar-refractivity contribution >= 4 is 28.8 Å². The van der Waals surface area contributed by atoms with Crippen LogP contribution >= 0.6 is 0 Å². The highest BCUT2D eigenvalue weighted by Crippen LogP contribution is 2.25. The van der Waals surface area contributed by atoms with Crippen LogP contribution in [0.4, 0.5) is 4.39 Å². The van der Waals surface area contributed by atoms with E-state index in [1.807, 2.05) is 0 Å². The molecule has 1 saturated heterocycles. The molecule has 7 nitrogen and oxygen atoms in total. The summed E-state index contributed by atoms with van der Waals surface area (Å²) in [4.78, 5) is 39.7. The van der Waals surface area contributed by atoms with E-state index in [-0.39, 0.29) is 24.6 Å². The SMILES string of the molecule is O=C1CCC(NC(=O)c2ccc3oc(-c4ccc(F)cc4)nc3c2)C(=O)N1. The molecule has 3 aromatic rings. The maximum absolute atomic E-state index is 13.0. The third kappa shape index (κ3) is 3.41. The molecule has 0 spiro atoms. The largest absolute Gasteiger partial charge is 0.436 e. The number of rotatable bonds is 3. The van der Waals surface area contributed by atoms with E-state index in [4.69, 9.17) is 4.42 Å². The summed E-state index contributed by atoms with van der Waals surface area (Å²) >= 11 is 0. The molecule has 1 aliphatic rings. The van der Waals surface area contributed by atoms with Gasteiger partial charge in [-0.05, 0) is 48.9 Å². The lowest BCUT2D eigenvalue weighted by atomic mass is 10.1. The molecule has 0 saturated carbocycles. The lowest BCUT2D eigenvalue weighted by Crippen LogP contribution is -2.52. The maximum Gasteiger partial charge on any atom is 0.252 e. The minimum atomic E-state index is -0.752. The van der Waals surface area contributed by atoms with Crippen LogP contribution in [-0.2, 0) is 9.59 Å². The van der Waals surface area contributed by atoms with Gasteiger partial charge in [-0.1, -0.05) is 0 Å². The van der Waals surface area contributed by atoms with Gasteiger partial charge in [0.25, 0.3) is 5.91 Å². The first kappa shape index (κ1) is 16.9. The smallest absolute Gasteiger partial charge is 0.252 e. The van der Waals surface area contributed by atoms with Crippen molar-refractivity contribution < 1.29 is 23.2 Å². The lowest BCUT2D eigenvalue weighted by Gasteiger charge is -2.21. The van der Waals surface area contributed by atoms with Gasteiger partial charge >= 0.3 is 0 Å². The summed E-state index contributed by atoms with van der Waals surface area (Å²) in [6.45, 7) is 0. The number of hydrogen-bond acceptors (Lipinski definition) is 5. The number of oxazole rings is 1. The molecule has 1 aliphatic heterocycles. The quantitative estimate of drug-likeness (QED) is 0.691. The Morgan fingerprint density at radius 2 is 1.96 bits per heavy atom. The number of benzene rings is 2. The molecular formula is C19H14FN3O4. The van der Waals surface area contributed by atoms with Crippen LogP contribution in [0, 0.1) is 5.82 Å². The first-order valence-corrected chi connectivity index (χ1v) is 8.31. The molecule has 2 N–H and O–H groups in total. The standard InChI is InChI=1S/C19H14FN3O4/c20-12-4-1-10(2-5-12)19-22-14-9-11(3-7-15(14)27-19)17(25)21-13-6-8-16(24)23-18(13)26/h1-5,7,9,13H,6,8H2,(H,21,25)(H,23,24,26). The topological polar surface area (TPSA) is 101 Å². The third-order valence-electron chi connectivity index (χ3n) is 4.29. The van der Waals surface area contributed by atoms with E-state index in [2.05, 4.69) is 15.6 Å². The van der Waals surface area contributed by atoms with Crippen LogP contribution in [0.2, 0.25) is 0 Å². The predicted octanol–water partition coefficient (Wildman–Crippen LogP) is 2.17. The van der Waals surface area contributed by atoms with Crippen molar-refractivity contribution in [2.45, 2.75) is 18.9 Å². The molecule has 136 valence electrons. The van der Waals surface area contributed by atoms with Crippen molar-refractivity contribution in [1.29, 1.82) is 0 Å². The summed E-state index contributed by atoms with van der Waals surface area (Å²) < 4.78 is 18.7. The number of amides is 3. The van der Waals surface area contributed by atoms with Crippen LogP contribution in [0.3, 0.4) is 0 Å². The van der Waals surface area contributed by atoms with Crippen molar-refractivity contribution in [3.8, 4) is 11.5 Å². The highest BCUT2D eigenvalue weighted by Gasteiger charge is 2.28. The van der Waals surface area contributed by atoms with E-state index >= 15 is 0 Å². The van der Waals surface area contributed by atoms with Gasteiger partial charge in [0, 0.05) is 17.5 Å². The van der Waals surface area contributed by atoms with Crippen LogP contribution in [0.15, 0.2) is 46.9 Å². The third-order valence-corrected chi connectivity index (χ3v) is 4.29. The van der Waals surface area contributed by atoms with Crippen LogP contribution < -0.4 is 10.6 Å². The molecule has 27 heavy (non-hydrogen) atoms. The van der Waals surface area contributed by atoms with E-state index in [1.54, 1.807) is 30.3 Å². The molecule has 8 heteroatoms. The monoisotopic (exact) mass is 367 g/mol. The normalized spacial score (nSPS) is 17.0. The number of carbonyl (C=O) groups excluding carboxylic acids is 3. The molecule has 1 aromatic heterocycles. The van der Waals surface area contributed by atoms with Crippen LogP contribution in [0.25, 0.3) is 22.6 Å². The fourth-order valence-corrected chi connectivity index (χ4v) is 2.86. The molecule has 3 amide bonds. The number of halogens is 1. The Balaban J connectivity index is 1.56. The van der Waals surface area contributed by atoms with Gasteiger partial charge in [-0.15, -0.1) is 0 Å². The minimum absolute atomic E-state index is 0.181. The lowest BCUT2D eigenvalue weighted by molar-refractivity contribution is -0.134. The summed E-state index contributed by atoms with van der Waals surface area (Å²) in [6.07, 6.45) is 0.442. The van der Waals surface area contributed by atoms with Gasteiger partial charge in [-0.25, -0.2) is 9.37 Å². The highest BCUT2D eigenvalue weighted by atomic mass is 19.1. The fraction of sp³-hybridized carbons (Fsp3) is 0.158. The van der Waals surface area contributed by atoms with E-state index in [0.717, 1.165) is 0 Å². The maximum atomic E-state index is 13.0. The Kier molecular flexibility index (Phi) is 4.15. The average Bonchev–Trinajstić information content (AvgIpc) is 3.07. The zero-order valence-corrected chi connectivity index (χ0v) is 14.0. The van der Waals surface area contributed by atoms with Gasteiger partial charge in [-0.2, -0.15) is 0 Å². The van der Waals surface area contributed by atoms with Gasteiger partial charge in [0.05, 0.1) is 0 Å². The van der Waals surface area contributed by atoms with Crippen molar-refractivity contribution in [3.63, 3.8) is 0 Å². The molecule has 1 fully saturated rings.